The van der Waals surface area contributed by atoms with Crippen LogP contribution < -0.4 is 10.8 Å². The van der Waals surface area contributed by atoms with E-state index in [0.29, 0.717) is 6.54 Å². The Morgan fingerprint density at radius 3 is 2.89 bits per heavy atom. The highest BCUT2D eigenvalue weighted by molar-refractivity contribution is 5.93. The maximum atomic E-state index is 11.8. The number of hydroxylamine groups is 1. The predicted octanol–water partition coefficient (Wildman–Crippen LogP) is -0.129. The topological polar surface area (TPSA) is 94.6 Å². The molecule has 1 aromatic heterocycles. The van der Waals surface area contributed by atoms with E-state index in [9.17, 15) is 9.59 Å². The van der Waals surface area contributed by atoms with Crippen molar-refractivity contribution >= 4 is 11.9 Å². The minimum atomic E-state index is -1.11. The second kappa shape index (κ2) is 4.61. The summed E-state index contributed by atoms with van der Waals surface area (Å²) in [7, 11) is 0. The molecule has 1 aliphatic rings. The molecule has 1 aliphatic heterocycles. The first kappa shape index (κ1) is 12.3. The van der Waals surface area contributed by atoms with E-state index in [0.717, 1.165) is 5.56 Å². The number of hydrogen-bond acceptors (Lipinski definition) is 4. The third-order valence-electron chi connectivity index (χ3n) is 2.90. The maximum Gasteiger partial charge on any atom is 0.318 e. The van der Waals surface area contributed by atoms with Crippen LogP contribution >= 0.6 is 0 Å². The van der Waals surface area contributed by atoms with Crippen molar-refractivity contribution in [3.63, 3.8) is 0 Å². The average Bonchev–Trinajstić information content (AvgIpc) is 2.66. The molecule has 1 atom stereocenters. The molecule has 3 amide bonds. The summed E-state index contributed by atoms with van der Waals surface area (Å²) < 4.78 is 0. The van der Waals surface area contributed by atoms with E-state index in [-0.39, 0.29) is 12.6 Å². The number of amides is 3. The first-order chi connectivity index (χ1) is 8.55. The van der Waals surface area contributed by atoms with Gasteiger partial charge < -0.3 is 10.2 Å². The molecular formula is C11H14N4O3. The summed E-state index contributed by atoms with van der Waals surface area (Å²) in [4.78, 5) is 28.6. The predicted molar refractivity (Wildman–Crippen MR) is 61.5 cm³/mol. The van der Waals surface area contributed by atoms with Crippen LogP contribution in [0.4, 0.5) is 4.79 Å². The van der Waals surface area contributed by atoms with Gasteiger partial charge in [0.05, 0.1) is 6.54 Å². The third-order valence-corrected chi connectivity index (χ3v) is 2.90. The lowest BCUT2D eigenvalue weighted by molar-refractivity contribution is -0.134. The molecule has 1 fully saturated rings. The summed E-state index contributed by atoms with van der Waals surface area (Å²) in [6.07, 6.45) is 3.28. The van der Waals surface area contributed by atoms with Gasteiger partial charge in [-0.25, -0.2) is 10.3 Å². The van der Waals surface area contributed by atoms with E-state index in [1.807, 2.05) is 0 Å². The Labute approximate surface area is 104 Å². The first-order valence-corrected chi connectivity index (χ1v) is 5.46. The molecule has 1 aromatic rings. The quantitative estimate of drug-likeness (QED) is 0.514. The van der Waals surface area contributed by atoms with Crippen LogP contribution in [0.3, 0.4) is 0 Å². The monoisotopic (exact) mass is 250 g/mol. The van der Waals surface area contributed by atoms with Crippen molar-refractivity contribution in [1.29, 1.82) is 0 Å². The Hall–Kier alpha value is -2.15. The molecule has 0 bridgehead atoms. The SMILES string of the molecule is CC1(C(=O)NO)CN(Cc2ccncc2)C(=O)N1. The summed E-state index contributed by atoms with van der Waals surface area (Å²) in [5.41, 5.74) is 1.37. The lowest BCUT2D eigenvalue weighted by Gasteiger charge is -2.20. The van der Waals surface area contributed by atoms with Crippen LogP contribution in [0.5, 0.6) is 0 Å². The van der Waals surface area contributed by atoms with Crippen molar-refractivity contribution in [3.05, 3.63) is 30.1 Å². The normalized spacial score (nSPS) is 22.8. The zero-order valence-corrected chi connectivity index (χ0v) is 9.88. The van der Waals surface area contributed by atoms with Crippen LogP contribution in [-0.2, 0) is 11.3 Å². The van der Waals surface area contributed by atoms with Gasteiger partial charge in [-0.2, -0.15) is 0 Å². The van der Waals surface area contributed by atoms with Crippen LogP contribution in [-0.4, -0.2) is 39.1 Å². The number of urea groups is 1. The molecule has 96 valence electrons. The number of nitrogens with one attached hydrogen (secondary N) is 2. The molecule has 7 heteroatoms. The van der Waals surface area contributed by atoms with Gasteiger partial charge in [-0.05, 0) is 24.6 Å². The second-order valence-corrected chi connectivity index (χ2v) is 4.41. The summed E-state index contributed by atoms with van der Waals surface area (Å²) in [5.74, 6) is -0.631. The van der Waals surface area contributed by atoms with Gasteiger partial charge in [-0.1, -0.05) is 0 Å². The van der Waals surface area contributed by atoms with Gasteiger partial charge in [0.2, 0.25) is 0 Å². The van der Waals surface area contributed by atoms with Gasteiger partial charge in [-0.3, -0.25) is 15.0 Å². The molecule has 18 heavy (non-hydrogen) atoms. The molecule has 2 rings (SSSR count). The van der Waals surface area contributed by atoms with Crippen LogP contribution in [0.15, 0.2) is 24.5 Å². The van der Waals surface area contributed by atoms with Crippen molar-refractivity contribution in [2.75, 3.05) is 6.54 Å². The zero-order chi connectivity index (χ0) is 13.2. The van der Waals surface area contributed by atoms with Crippen molar-refractivity contribution < 1.29 is 14.8 Å². The lowest BCUT2D eigenvalue weighted by atomic mass is 10.0. The summed E-state index contributed by atoms with van der Waals surface area (Å²) in [6, 6.07) is 3.27. The van der Waals surface area contributed by atoms with E-state index in [4.69, 9.17) is 5.21 Å². The fourth-order valence-electron chi connectivity index (χ4n) is 1.90. The van der Waals surface area contributed by atoms with Crippen molar-refractivity contribution in [1.82, 2.24) is 20.7 Å². The molecule has 0 spiro atoms. The van der Waals surface area contributed by atoms with Crippen molar-refractivity contribution in [2.45, 2.75) is 19.0 Å². The van der Waals surface area contributed by atoms with Crippen LogP contribution in [0.2, 0.25) is 0 Å². The second-order valence-electron chi connectivity index (χ2n) is 4.41. The minimum absolute atomic E-state index is 0.195. The highest BCUT2D eigenvalue weighted by Crippen LogP contribution is 2.18. The van der Waals surface area contributed by atoms with E-state index in [2.05, 4.69) is 10.3 Å². The molecule has 0 saturated carbocycles. The highest BCUT2D eigenvalue weighted by Gasteiger charge is 2.44. The fourth-order valence-corrected chi connectivity index (χ4v) is 1.90. The molecule has 2 heterocycles. The average molecular weight is 250 g/mol. The Balaban J connectivity index is 2.08. The van der Waals surface area contributed by atoms with Gasteiger partial charge in [0.1, 0.15) is 5.54 Å². The number of carbonyl (C=O) groups is 2. The smallest absolute Gasteiger partial charge is 0.318 e. The van der Waals surface area contributed by atoms with E-state index < -0.39 is 11.4 Å². The van der Waals surface area contributed by atoms with Crippen molar-refractivity contribution in [2.24, 2.45) is 0 Å². The number of rotatable bonds is 3. The van der Waals surface area contributed by atoms with Crippen LogP contribution in [0, 0.1) is 0 Å². The Bertz CT molecular complexity index is 465. The van der Waals surface area contributed by atoms with Gasteiger partial charge >= 0.3 is 6.03 Å². The highest BCUT2D eigenvalue weighted by atomic mass is 16.5. The molecule has 1 unspecified atom stereocenters. The Kier molecular flexibility index (Phi) is 3.15. The maximum absolute atomic E-state index is 11.8. The molecule has 7 nitrogen and oxygen atoms in total. The molecule has 1 saturated heterocycles. The number of nitrogens with zero attached hydrogens (tertiary/aromatic N) is 2. The largest absolute Gasteiger partial charge is 0.322 e. The minimum Gasteiger partial charge on any atom is -0.322 e. The standard InChI is InChI=1S/C11H14N4O3/c1-11(9(16)14-18)7-15(10(17)13-11)6-8-2-4-12-5-3-8/h2-5,18H,6-7H2,1H3,(H,13,17)(H,14,16). The number of carbonyl (C=O) groups excluding carboxylic acids is 2. The summed E-state index contributed by atoms with van der Waals surface area (Å²) >= 11 is 0. The van der Waals surface area contributed by atoms with Gasteiger partial charge in [0.15, 0.2) is 0 Å². The van der Waals surface area contributed by atoms with Gasteiger partial charge in [-0.15, -0.1) is 0 Å². The van der Waals surface area contributed by atoms with Crippen molar-refractivity contribution in [3.8, 4) is 0 Å². The van der Waals surface area contributed by atoms with E-state index in [1.54, 1.807) is 36.9 Å². The molecule has 0 radical (unpaired) electrons. The molecular weight excluding hydrogens is 236 g/mol. The van der Waals surface area contributed by atoms with Crippen LogP contribution in [0.25, 0.3) is 0 Å². The number of hydrogen-bond donors (Lipinski definition) is 3. The lowest BCUT2D eigenvalue weighted by Crippen LogP contribution is -2.53. The van der Waals surface area contributed by atoms with E-state index in [1.165, 1.54) is 4.90 Å². The number of pyridine rings is 1. The third kappa shape index (κ3) is 2.25. The summed E-state index contributed by atoms with van der Waals surface area (Å²) in [5, 5.41) is 11.2. The zero-order valence-electron chi connectivity index (χ0n) is 9.88. The van der Waals surface area contributed by atoms with E-state index >= 15 is 0 Å². The van der Waals surface area contributed by atoms with Gasteiger partial charge in [0, 0.05) is 18.9 Å². The van der Waals surface area contributed by atoms with Gasteiger partial charge in [0.25, 0.3) is 5.91 Å². The number of aromatic nitrogens is 1. The summed E-state index contributed by atoms with van der Waals surface area (Å²) in [6.45, 7) is 2.15. The molecule has 0 aliphatic carbocycles. The molecule has 0 aromatic carbocycles. The fraction of sp³-hybridized carbons (Fsp3) is 0.364. The van der Waals surface area contributed by atoms with Crippen LogP contribution in [0.1, 0.15) is 12.5 Å². The Morgan fingerprint density at radius 1 is 1.61 bits per heavy atom. The molecule has 3 N–H and O–H groups in total. The first-order valence-electron chi connectivity index (χ1n) is 5.46. The Morgan fingerprint density at radius 2 is 2.28 bits per heavy atom.